The van der Waals surface area contributed by atoms with Crippen LogP contribution in [0.4, 0.5) is 5.13 Å². The highest BCUT2D eigenvalue weighted by atomic mass is 32.1. The number of rotatable bonds is 6. The topological polar surface area (TPSA) is 46.9 Å². The Balaban J connectivity index is 2.38. The smallest absolute Gasteiger partial charge is 0.260 e. The van der Waals surface area contributed by atoms with Gasteiger partial charge in [-0.3, -0.25) is 4.79 Å². The van der Waals surface area contributed by atoms with Crippen LogP contribution in [-0.2, 0) is 6.54 Å². The van der Waals surface area contributed by atoms with Crippen molar-refractivity contribution >= 4 is 16.5 Å². The van der Waals surface area contributed by atoms with E-state index in [0.29, 0.717) is 5.56 Å². The van der Waals surface area contributed by atoms with Gasteiger partial charge in [-0.15, -0.1) is 11.3 Å². The minimum atomic E-state index is 0.0619. The molecule has 0 radical (unpaired) electrons. The summed E-state index contributed by atoms with van der Waals surface area (Å²) >= 11 is 1.54. The van der Waals surface area contributed by atoms with Gasteiger partial charge in [0.05, 0.1) is 11.3 Å². The van der Waals surface area contributed by atoms with Gasteiger partial charge in [0, 0.05) is 24.2 Å². The molecular formula is C15H21N3OS. The lowest BCUT2D eigenvalue weighted by Gasteiger charge is -2.10. The Morgan fingerprint density at radius 1 is 1.35 bits per heavy atom. The summed E-state index contributed by atoms with van der Waals surface area (Å²) in [4.78, 5) is 17.0. The van der Waals surface area contributed by atoms with Crippen LogP contribution in [0, 0.1) is 6.92 Å². The number of anilines is 1. The van der Waals surface area contributed by atoms with Crippen molar-refractivity contribution < 1.29 is 0 Å². The Hall–Kier alpha value is -1.62. The van der Waals surface area contributed by atoms with Crippen molar-refractivity contribution in [2.45, 2.75) is 40.2 Å². The summed E-state index contributed by atoms with van der Waals surface area (Å²) in [5.41, 5.74) is 2.52. The van der Waals surface area contributed by atoms with E-state index in [0.717, 1.165) is 42.5 Å². The minimum Gasteiger partial charge on any atom is -0.362 e. The summed E-state index contributed by atoms with van der Waals surface area (Å²) in [7, 11) is 0. The molecule has 0 spiro atoms. The number of unbranched alkanes of at least 4 members (excludes halogenated alkanes) is 1. The van der Waals surface area contributed by atoms with E-state index in [1.165, 1.54) is 11.3 Å². The maximum Gasteiger partial charge on any atom is 0.260 e. The first-order valence-electron chi connectivity index (χ1n) is 7.07. The molecule has 0 atom stereocenters. The average Bonchev–Trinajstić information content (AvgIpc) is 2.87. The Morgan fingerprint density at radius 3 is 2.85 bits per heavy atom. The van der Waals surface area contributed by atoms with E-state index in [-0.39, 0.29) is 5.56 Å². The molecule has 4 nitrogen and oxygen atoms in total. The first-order valence-corrected chi connectivity index (χ1v) is 7.95. The van der Waals surface area contributed by atoms with Crippen molar-refractivity contribution in [2.24, 2.45) is 0 Å². The summed E-state index contributed by atoms with van der Waals surface area (Å²) in [6.45, 7) is 7.75. The molecule has 20 heavy (non-hydrogen) atoms. The van der Waals surface area contributed by atoms with Crippen LogP contribution >= 0.6 is 11.3 Å². The summed E-state index contributed by atoms with van der Waals surface area (Å²) in [6, 6.07) is 3.88. The van der Waals surface area contributed by atoms with Gasteiger partial charge in [0.2, 0.25) is 0 Å². The normalized spacial score (nSPS) is 10.8. The third-order valence-corrected chi connectivity index (χ3v) is 4.04. The van der Waals surface area contributed by atoms with E-state index in [1.54, 1.807) is 0 Å². The van der Waals surface area contributed by atoms with Crippen LogP contribution in [0.3, 0.4) is 0 Å². The van der Waals surface area contributed by atoms with Gasteiger partial charge in [0.15, 0.2) is 5.13 Å². The molecule has 0 aromatic carbocycles. The Kier molecular flexibility index (Phi) is 4.95. The maximum absolute atomic E-state index is 12.6. The van der Waals surface area contributed by atoms with Gasteiger partial charge in [-0.1, -0.05) is 13.3 Å². The third-order valence-electron chi connectivity index (χ3n) is 3.24. The van der Waals surface area contributed by atoms with Gasteiger partial charge in [-0.05, 0) is 32.4 Å². The van der Waals surface area contributed by atoms with E-state index < -0.39 is 0 Å². The number of nitrogens with zero attached hydrogens (tertiary/aromatic N) is 2. The van der Waals surface area contributed by atoms with Gasteiger partial charge in [0.1, 0.15) is 0 Å². The fourth-order valence-corrected chi connectivity index (χ4v) is 2.87. The highest BCUT2D eigenvalue weighted by Gasteiger charge is 2.11. The quantitative estimate of drug-likeness (QED) is 0.886. The lowest BCUT2D eigenvalue weighted by molar-refractivity contribution is 0.600. The lowest BCUT2D eigenvalue weighted by atomic mass is 10.2. The maximum atomic E-state index is 12.6. The van der Waals surface area contributed by atoms with Gasteiger partial charge >= 0.3 is 0 Å². The molecule has 1 N–H and O–H groups in total. The number of hydrogen-bond acceptors (Lipinski definition) is 4. The Bertz CT molecular complexity index is 630. The molecule has 0 saturated carbocycles. The van der Waals surface area contributed by atoms with Crippen molar-refractivity contribution in [3.05, 3.63) is 33.6 Å². The number of aryl methyl sites for hydroxylation is 1. The van der Waals surface area contributed by atoms with E-state index in [9.17, 15) is 4.79 Å². The number of nitrogens with one attached hydrogen (secondary N) is 1. The summed E-state index contributed by atoms with van der Waals surface area (Å²) < 4.78 is 1.85. The van der Waals surface area contributed by atoms with Crippen molar-refractivity contribution in [3.63, 3.8) is 0 Å². The molecule has 2 heterocycles. The fourth-order valence-electron chi connectivity index (χ4n) is 2.09. The van der Waals surface area contributed by atoms with Gasteiger partial charge in [-0.25, -0.2) is 4.98 Å². The number of hydrogen-bond donors (Lipinski definition) is 1. The summed E-state index contributed by atoms with van der Waals surface area (Å²) in [5.74, 6) is 0. The van der Waals surface area contributed by atoms with Crippen molar-refractivity contribution in [2.75, 3.05) is 11.9 Å². The lowest BCUT2D eigenvalue weighted by Crippen LogP contribution is -2.23. The average molecular weight is 291 g/mol. The molecule has 0 aliphatic rings. The molecule has 0 saturated heterocycles. The van der Waals surface area contributed by atoms with Crippen LogP contribution in [0.2, 0.25) is 0 Å². The minimum absolute atomic E-state index is 0.0619. The van der Waals surface area contributed by atoms with Crippen LogP contribution < -0.4 is 10.9 Å². The van der Waals surface area contributed by atoms with Crippen molar-refractivity contribution in [1.82, 2.24) is 9.55 Å². The summed E-state index contributed by atoms with van der Waals surface area (Å²) in [6.07, 6.45) is 2.10. The zero-order valence-electron chi connectivity index (χ0n) is 12.3. The van der Waals surface area contributed by atoms with Crippen LogP contribution in [0.5, 0.6) is 0 Å². The first kappa shape index (κ1) is 14.8. The number of thiazole rings is 1. The Labute approximate surface area is 123 Å². The second-order valence-corrected chi connectivity index (χ2v) is 5.63. The fraction of sp³-hybridized carbons (Fsp3) is 0.467. The Morgan fingerprint density at radius 2 is 2.15 bits per heavy atom. The standard InChI is InChI=1S/C15H21N3OS/c1-4-6-9-18-11(3)7-8-12(14(18)19)13-10-20-15(17-13)16-5-2/h7-8,10H,4-6,9H2,1-3H3,(H,16,17). The molecule has 0 aliphatic carbocycles. The van der Waals surface area contributed by atoms with Crippen LogP contribution in [0.1, 0.15) is 32.4 Å². The third kappa shape index (κ3) is 3.10. The number of pyridine rings is 1. The molecule has 5 heteroatoms. The number of aromatic nitrogens is 2. The second kappa shape index (κ2) is 6.70. The predicted molar refractivity (Wildman–Crippen MR) is 85.6 cm³/mol. The molecule has 2 aromatic rings. The van der Waals surface area contributed by atoms with E-state index in [4.69, 9.17) is 0 Å². The van der Waals surface area contributed by atoms with Gasteiger partial charge in [0.25, 0.3) is 5.56 Å². The molecule has 0 amide bonds. The SMILES string of the molecule is CCCCn1c(C)ccc(-c2csc(NCC)n2)c1=O. The van der Waals surface area contributed by atoms with E-state index in [2.05, 4.69) is 17.2 Å². The molecule has 0 fully saturated rings. The molecule has 108 valence electrons. The molecular weight excluding hydrogens is 270 g/mol. The monoisotopic (exact) mass is 291 g/mol. The van der Waals surface area contributed by atoms with Crippen molar-refractivity contribution in [3.8, 4) is 11.3 Å². The molecule has 2 aromatic heterocycles. The largest absolute Gasteiger partial charge is 0.362 e. The molecule has 0 unspecified atom stereocenters. The molecule has 0 aliphatic heterocycles. The van der Waals surface area contributed by atoms with Crippen LogP contribution in [0.15, 0.2) is 22.3 Å². The first-order chi connectivity index (χ1) is 9.67. The predicted octanol–water partition coefficient (Wildman–Crippen LogP) is 3.51. The molecule has 0 bridgehead atoms. The summed E-state index contributed by atoms with van der Waals surface area (Å²) in [5, 5.41) is 5.98. The zero-order valence-corrected chi connectivity index (χ0v) is 13.1. The van der Waals surface area contributed by atoms with E-state index >= 15 is 0 Å². The second-order valence-electron chi connectivity index (χ2n) is 4.77. The van der Waals surface area contributed by atoms with E-state index in [1.807, 2.05) is 35.9 Å². The highest BCUT2D eigenvalue weighted by Crippen LogP contribution is 2.22. The molecule has 2 rings (SSSR count). The van der Waals surface area contributed by atoms with Crippen LogP contribution in [-0.4, -0.2) is 16.1 Å². The van der Waals surface area contributed by atoms with Gasteiger partial charge < -0.3 is 9.88 Å². The highest BCUT2D eigenvalue weighted by molar-refractivity contribution is 7.14. The van der Waals surface area contributed by atoms with Crippen molar-refractivity contribution in [1.29, 1.82) is 0 Å². The zero-order chi connectivity index (χ0) is 14.5. The van der Waals surface area contributed by atoms with Gasteiger partial charge in [-0.2, -0.15) is 0 Å². The van der Waals surface area contributed by atoms with Crippen LogP contribution in [0.25, 0.3) is 11.3 Å².